The second kappa shape index (κ2) is 18.5. The van der Waals surface area contributed by atoms with Crippen molar-refractivity contribution in [2.75, 3.05) is 26.3 Å². The SMILES string of the molecule is O=C(NCCCc1ccc(OCCCCOc2ccc(CCCNC(=O)Oc3ccccc3)cc2)cc1)Oc1ccccc1. The smallest absolute Gasteiger partial charge is 0.412 e. The number of benzene rings is 4. The van der Waals surface area contributed by atoms with E-state index < -0.39 is 12.2 Å². The second-order valence-electron chi connectivity index (χ2n) is 10.2. The molecule has 8 nitrogen and oxygen atoms in total. The Morgan fingerprint density at radius 2 is 0.841 bits per heavy atom. The van der Waals surface area contributed by atoms with Crippen LogP contribution in [-0.4, -0.2) is 38.5 Å². The van der Waals surface area contributed by atoms with Gasteiger partial charge < -0.3 is 29.6 Å². The minimum absolute atomic E-state index is 0.440. The van der Waals surface area contributed by atoms with Crippen molar-refractivity contribution in [3.63, 3.8) is 0 Å². The van der Waals surface area contributed by atoms with Crippen LogP contribution in [0.25, 0.3) is 0 Å². The van der Waals surface area contributed by atoms with Gasteiger partial charge in [-0.3, -0.25) is 0 Å². The van der Waals surface area contributed by atoms with Crippen molar-refractivity contribution in [2.24, 2.45) is 0 Å². The van der Waals surface area contributed by atoms with Crippen molar-refractivity contribution in [3.8, 4) is 23.0 Å². The second-order valence-corrected chi connectivity index (χ2v) is 10.2. The van der Waals surface area contributed by atoms with E-state index in [-0.39, 0.29) is 0 Å². The van der Waals surface area contributed by atoms with E-state index in [1.54, 1.807) is 24.3 Å². The highest BCUT2D eigenvalue weighted by atomic mass is 16.6. The summed E-state index contributed by atoms with van der Waals surface area (Å²) in [7, 11) is 0. The highest BCUT2D eigenvalue weighted by Crippen LogP contribution is 2.16. The molecular formula is C36H40N2O6. The zero-order valence-corrected chi connectivity index (χ0v) is 24.9. The molecule has 4 aromatic carbocycles. The number of rotatable bonds is 17. The van der Waals surface area contributed by atoms with Gasteiger partial charge in [-0.1, -0.05) is 60.7 Å². The number of nitrogens with one attached hydrogen (secondary N) is 2. The van der Waals surface area contributed by atoms with Crippen LogP contribution in [-0.2, 0) is 12.8 Å². The number of carbonyl (C=O) groups is 2. The molecule has 0 unspecified atom stereocenters. The molecule has 8 heteroatoms. The van der Waals surface area contributed by atoms with Gasteiger partial charge in [0.2, 0.25) is 0 Å². The molecule has 0 aliphatic heterocycles. The summed E-state index contributed by atoms with van der Waals surface area (Å²) in [4.78, 5) is 23.7. The molecule has 0 aliphatic rings. The summed E-state index contributed by atoms with van der Waals surface area (Å²) in [6.07, 6.45) is 4.25. The van der Waals surface area contributed by atoms with Gasteiger partial charge in [0.25, 0.3) is 0 Å². The number of aryl methyl sites for hydroxylation is 2. The summed E-state index contributed by atoms with van der Waals surface area (Å²) >= 11 is 0. The third-order valence-corrected chi connectivity index (χ3v) is 6.65. The molecule has 0 fully saturated rings. The Hall–Kier alpha value is -4.98. The summed E-state index contributed by atoms with van der Waals surface area (Å²) in [5.41, 5.74) is 2.38. The molecule has 0 atom stereocenters. The zero-order valence-electron chi connectivity index (χ0n) is 24.9. The molecule has 4 aromatic rings. The predicted molar refractivity (Wildman–Crippen MR) is 171 cm³/mol. The number of hydrogen-bond donors (Lipinski definition) is 2. The number of amides is 2. The van der Waals surface area contributed by atoms with Gasteiger partial charge in [-0.05, 0) is 98.2 Å². The normalized spacial score (nSPS) is 10.5. The molecule has 0 saturated heterocycles. The van der Waals surface area contributed by atoms with Gasteiger partial charge in [-0.25, -0.2) is 9.59 Å². The number of hydrogen-bond acceptors (Lipinski definition) is 6. The minimum atomic E-state index is -0.440. The van der Waals surface area contributed by atoms with Gasteiger partial charge in [-0.15, -0.1) is 0 Å². The van der Waals surface area contributed by atoms with E-state index >= 15 is 0 Å². The maximum absolute atomic E-state index is 11.8. The Bertz CT molecular complexity index is 1270. The van der Waals surface area contributed by atoms with Crippen LogP contribution in [0.2, 0.25) is 0 Å². The van der Waals surface area contributed by atoms with E-state index in [1.807, 2.05) is 60.7 Å². The van der Waals surface area contributed by atoms with Gasteiger partial charge in [0, 0.05) is 13.1 Å². The van der Waals surface area contributed by atoms with Gasteiger partial charge in [0.05, 0.1) is 13.2 Å². The van der Waals surface area contributed by atoms with E-state index in [0.29, 0.717) is 37.8 Å². The van der Waals surface area contributed by atoms with E-state index in [4.69, 9.17) is 18.9 Å². The molecule has 0 spiro atoms. The summed E-state index contributed by atoms with van der Waals surface area (Å²) in [6, 6.07) is 34.2. The minimum Gasteiger partial charge on any atom is -0.494 e. The lowest BCUT2D eigenvalue weighted by Gasteiger charge is -2.10. The molecule has 0 bridgehead atoms. The largest absolute Gasteiger partial charge is 0.494 e. The quantitative estimate of drug-likeness (QED) is 0.124. The topological polar surface area (TPSA) is 95.1 Å². The first-order valence-corrected chi connectivity index (χ1v) is 15.1. The maximum Gasteiger partial charge on any atom is 0.412 e. The average molecular weight is 597 g/mol. The fraction of sp³-hybridized carbons (Fsp3) is 0.278. The first kappa shape index (κ1) is 31.9. The molecule has 0 aromatic heterocycles. The van der Waals surface area contributed by atoms with E-state index in [0.717, 1.165) is 50.0 Å². The molecule has 4 rings (SSSR count). The summed E-state index contributed by atoms with van der Waals surface area (Å²) < 4.78 is 22.2. The van der Waals surface area contributed by atoms with Gasteiger partial charge in [0.1, 0.15) is 23.0 Å². The lowest BCUT2D eigenvalue weighted by molar-refractivity contribution is 0.199. The van der Waals surface area contributed by atoms with Gasteiger partial charge >= 0.3 is 12.2 Å². The Labute approximate surface area is 259 Å². The van der Waals surface area contributed by atoms with Crippen molar-refractivity contribution < 1.29 is 28.5 Å². The van der Waals surface area contributed by atoms with Crippen molar-refractivity contribution in [2.45, 2.75) is 38.5 Å². The number of ether oxygens (including phenoxy) is 4. The first-order chi connectivity index (χ1) is 21.6. The van der Waals surface area contributed by atoms with Crippen LogP contribution in [0.5, 0.6) is 23.0 Å². The number of para-hydroxylation sites is 2. The Morgan fingerprint density at radius 1 is 0.455 bits per heavy atom. The standard InChI is InChI=1S/C36H40N2O6/c39-35(43-33-13-3-1-4-14-33)37-25-9-11-29-17-21-31(22-18-29)41-27-7-8-28-42-32-23-19-30(20-24-32)12-10-26-38-36(40)44-34-15-5-2-6-16-34/h1-6,13-24H,7-12,25-28H2,(H,37,39)(H,38,40). The average Bonchev–Trinajstić information content (AvgIpc) is 3.05. The third kappa shape index (κ3) is 12.5. The number of carbonyl (C=O) groups excluding carboxylic acids is 2. The summed E-state index contributed by atoms with van der Waals surface area (Å²) in [5, 5.41) is 5.55. The summed E-state index contributed by atoms with van der Waals surface area (Å²) in [5.74, 6) is 2.75. The van der Waals surface area contributed by atoms with Crippen LogP contribution in [0.4, 0.5) is 9.59 Å². The van der Waals surface area contributed by atoms with E-state index in [9.17, 15) is 9.59 Å². The lowest BCUT2D eigenvalue weighted by Crippen LogP contribution is -2.27. The van der Waals surface area contributed by atoms with Crippen LogP contribution in [0.1, 0.15) is 36.8 Å². The van der Waals surface area contributed by atoms with Crippen LogP contribution in [0.3, 0.4) is 0 Å². The molecule has 2 amide bonds. The molecule has 0 heterocycles. The highest BCUT2D eigenvalue weighted by Gasteiger charge is 2.05. The van der Waals surface area contributed by atoms with Crippen molar-refractivity contribution in [1.29, 1.82) is 0 Å². The van der Waals surface area contributed by atoms with E-state index in [2.05, 4.69) is 34.9 Å². The molecule has 0 aliphatic carbocycles. The molecular weight excluding hydrogens is 556 g/mol. The monoisotopic (exact) mass is 596 g/mol. The lowest BCUT2D eigenvalue weighted by atomic mass is 10.1. The Balaban J connectivity index is 0.990. The molecule has 2 N–H and O–H groups in total. The molecule has 0 saturated carbocycles. The molecule has 0 radical (unpaired) electrons. The Morgan fingerprint density at radius 3 is 1.23 bits per heavy atom. The third-order valence-electron chi connectivity index (χ3n) is 6.65. The van der Waals surface area contributed by atoms with Crippen molar-refractivity contribution in [3.05, 3.63) is 120 Å². The van der Waals surface area contributed by atoms with Crippen molar-refractivity contribution >= 4 is 12.2 Å². The molecule has 44 heavy (non-hydrogen) atoms. The van der Waals surface area contributed by atoms with Gasteiger partial charge in [0.15, 0.2) is 0 Å². The van der Waals surface area contributed by atoms with Crippen LogP contribution in [0, 0.1) is 0 Å². The first-order valence-electron chi connectivity index (χ1n) is 15.1. The fourth-order valence-electron chi connectivity index (χ4n) is 4.32. The zero-order chi connectivity index (χ0) is 30.7. The van der Waals surface area contributed by atoms with Crippen LogP contribution >= 0.6 is 0 Å². The maximum atomic E-state index is 11.8. The Kier molecular flexibility index (Phi) is 13.5. The predicted octanol–water partition coefficient (Wildman–Crippen LogP) is 7.37. The van der Waals surface area contributed by atoms with Gasteiger partial charge in [-0.2, -0.15) is 0 Å². The fourth-order valence-corrected chi connectivity index (χ4v) is 4.32. The van der Waals surface area contributed by atoms with Crippen LogP contribution < -0.4 is 29.6 Å². The summed E-state index contributed by atoms with van der Waals surface area (Å²) in [6.45, 7) is 2.34. The van der Waals surface area contributed by atoms with E-state index in [1.165, 1.54) is 11.1 Å². The van der Waals surface area contributed by atoms with Crippen molar-refractivity contribution in [1.82, 2.24) is 10.6 Å². The highest BCUT2D eigenvalue weighted by molar-refractivity contribution is 5.70. The van der Waals surface area contributed by atoms with Crippen LogP contribution in [0.15, 0.2) is 109 Å². The molecule has 230 valence electrons. The number of unbranched alkanes of at least 4 members (excludes halogenated alkanes) is 1.